The third kappa shape index (κ3) is 1.72. The van der Waals surface area contributed by atoms with Crippen LogP contribution in [-0.2, 0) is 0 Å². The molecule has 2 saturated heterocycles. The van der Waals surface area contributed by atoms with Crippen molar-refractivity contribution in [3.63, 3.8) is 0 Å². The topological polar surface area (TPSA) is 6.48 Å². The average molecular weight is 208 g/mol. The molecule has 1 saturated carbocycles. The lowest BCUT2D eigenvalue weighted by molar-refractivity contribution is 0.0210. The minimum atomic E-state index is 0.481. The Balaban J connectivity index is 1.67. The standard InChI is InChI=1S/C13H24N2/c1-13(2,11-5-6-11)15-9-8-14-7-3-4-12(14)10-15/h11-12H,3-10H2,1-2H3. The third-order valence-corrected chi connectivity index (χ3v) is 4.98. The van der Waals surface area contributed by atoms with E-state index in [1.807, 2.05) is 0 Å². The molecule has 3 fully saturated rings. The summed E-state index contributed by atoms with van der Waals surface area (Å²) in [6.45, 7) is 10.3. The SMILES string of the molecule is CC(C)(C1CC1)N1CCN2CCCC2C1. The van der Waals surface area contributed by atoms with Crippen molar-refractivity contribution in [2.75, 3.05) is 26.2 Å². The highest BCUT2D eigenvalue weighted by molar-refractivity contribution is 5.00. The van der Waals surface area contributed by atoms with E-state index < -0.39 is 0 Å². The summed E-state index contributed by atoms with van der Waals surface area (Å²) >= 11 is 0. The molecule has 0 spiro atoms. The van der Waals surface area contributed by atoms with Gasteiger partial charge < -0.3 is 0 Å². The second kappa shape index (κ2) is 3.46. The number of fused-ring (bicyclic) bond motifs is 1. The molecule has 2 nitrogen and oxygen atoms in total. The Kier molecular flexibility index (Phi) is 2.33. The molecule has 0 amide bonds. The number of hydrogen-bond donors (Lipinski definition) is 0. The molecule has 0 N–H and O–H groups in total. The van der Waals surface area contributed by atoms with Gasteiger partial charge in [0.2, 0.25) is 0 Å². The van der Waals surface area contributed by atoms with Gasteiger partial charge in [-0.1, -0.05) is 0 Å². The van der Waals surface area contributed by atoms with Crippen molar-refractivity contribution in [1.29, 1.82) is 0 Å². The lowest BCUT2D eigenvalue weighted by Gasteiger charge is -2.46. The van der Waals surface area contributed by atoms with Crippen LogP contribution >= 0.6 is 0 Å². The molecule has 0 aromatic rings. The molecule has 1 atom stereocenters. The van der Waals surface area contributed by atoms with Crippen LogP contribution in [0.5, 0.6) is 0 Å². The molecule has 3 aliphatic rings. The maximum atomic E-state index is 2.77. The van der Waals surface area contributed by atoms with E-state index in [2.05, 4.69) is 23.6 Å². The Hall–Kier alpha value is -0.0800. The summed E-state index contributed by atoms with van der Waals surface area (Å²) in [6, 6.07) is 0.886. The molecule has 3 rings (SSSR count). The van der Waals surface area contributed by atoms with Crippen LogP contribution in [0.25, 0.3) is 0 Å². The van der Waals surface area contributed by atoms with Crippen LogP contribution in [-0.4, -0.2) is 47.6 Å². The smallest absolute Gasteiger partial charge is 0.0224 e. The second-order valence-corrected chi connectivity index (χ2v) is 6.21. The van der Waals surface area contributed by atoms with Crippen molar-refractivity contribution in [3.05, 3.63) is 0 Å². The van der Waals surface area contributed by atoms with E-state index in [0.29, 0.717) is 5.54 Å². The predicted octanol–water partition coefficient (Wildman–Crippen LogP) is 1.96. The quantitative estimate of drug-likeness (QED) is 0.684. The summed E-state index contributed by atoms with van der Waals surface area (Å²) in [7, 11) is 0. The molecule has 0 aromatic heterocycles. The highest BCUT2D eigenvalue weighted by atomic mass is 15.3. The molecule has 0 bridgehead atoms. The van der Waals surface area contributed by atoms with Gasteiger partial charge in [0.05, 0.1) is 0 Å². The fourth-order valence-corrected chi connectivity index (χ4v) is 3.56. The summed E-state index contributed by atoms with van der Waals surface area (Å²) in [5.41, 5.74) is 0.481. The Morgan fingerprint density at radius 1 is 1.00 bits per heavy atom. The van der Waals surface area contributed by atoms with Crippen LogP contribution in [0.15, 0.2) is 0 Å². The molecular formula is C13H24N2. The van der Waals surface area contributed by atoms with Crippen LogP contribution in [0.2, 0.25) is 0 Å². The fraction of sp³-hybridized carbons (Fsp3) is 1.00. The summed E-state index contributed by atoms with van der Waals surface area (Å²) in [4.78, 5) is 5.48. The van der Waals surface area contributed by atoms with Gasteiger partial charge in [0.15, 0.2) is 0 Å². The van der Waals surface area contributed by atoms with Crippen molar-refractivity contribution < 1.29 is 0 Å². The summed E-state index contributed by atoms with van der Waals surface area (Å²) in [6.07, 6.45) is 5.81. The molecule has 0 aromatic carbocycles. The molecule has 2 heteroatoms. The van der Waals surface area contributed by atoms with Gasteiger partial charge >= 0.3 is 0 Å². The first-order valence-electron chi connectivity index (χ1n) is 6.67. The first-order valence-corrected chi connectivity index (χ1v) is 6.67. The first kappa shape index (κ1) is 10.1. The molecule has 1 aliphatic carbocycles. The molecule has 1 unspecified atom stereocenters. The molecule has 15 heavy (non-hydrogen) atoms. The van der Waals surface area contributed by atoms with Crippen molar-refractivity contribution >= 4 is 0 Å². The largest absolute Gasteiger partial charge is 0.298 e. The van der Waals surface area contributed by atoms with Crippen molar-refractivity contribution in [2.45, 2.75) is 51.1 Å². The van der Waals surface area contributed by atoms with E-state index in [1.165, 1.54) is 51.9 Å². The maximum Gasteiger partial charge on any atom is 0.0224 e. The highest BCUT2D eigenvalue weighted by Crippen LogP contribution is 2.43. The van der Waals surface area contributed by atoms with Crippen LogP contribution in [0, 0.1) is 5.92 Å². The van der Waals surface area contributed by atoms with Crippen molar-refractivity contribution in [2.24, 2.45) is 5.92 Å². The maximum absolute atomic E-state index is 2.77. The van der Waals surface area contributed by atoms with Crippen molar-refractivity contribution in [1.82, 2.24) is 9.80 Å². The number of piperazine rings is 1. The van der Waals surface area contributed by atoms with Gasteiger partial charge in [0.25, 0.3) is 0 Å². The summed E-state index contributed by atoms with van der Waals surface area (Å²) < 4.78 is 0. The minimum Gasteiger partial charge on any atom is -0.298 e. The monoisotopic (exact) mass is 208 g/mol. The summed E-state index contributed by atoms with van der Waals surface area (Å²) in [5, 5.41) is 0. The Morgan fingerprint density at radius 3 is 2.53 bits per heavy atom. The Morgan fingerprint density at radius 2 is 1.80 bits per heavy atom. The second-order valence-electron chi connectivity index (χ2n) is 6.21. The van der Waals surface area contributed by atoms with Crippen LogP contribution in [0.3, 0.4) is 0 Å². The fourth-order valence-electron chi connectivity index (χ4n) is 3.56. The lowest BCUT2D eigenvalue weighted by Crippen LogP contribution is -2.57. The zero-order valence-corrected chi connectivity index (χ0v) is 10.2. The van der Waals surface area contributed by atoms with Gasteiger partial charge in [0, 0.05) is 31.2 Å². The minimum absolute atomic E-state index is 0.481. The molecule has 86 valence electrons. The number of rotatable bonds is 2. The van der Waals surface area contributed by atoms with E-state index in [4.69, 9.17) is 0 Å². The van der Waals surface area contributed by atoms with E-state index >= 15 is 0 Å². The van der Waals surface area contributed by atoms with Gasteiger partial charge in [-0.2, -0.15) is 0 Å². The van der Waals surface area contributed by atoms with Gasteiger partial charge in [0.1, 0.15) is 0 Å². The van der Waals surface area contributed by atoms with Crippen LogP contribution < -0.4 is 0 Å². The number of nitrogens with zero attached hydrogens (tertiary/aromatic N) is 2. The van der Waals surface area contributed by atoms with Gasteiger partial charge in [-0.3, -0.25) is 9.80 Å². The average Bonchev–Trinajstić information content (AvgIpc) is 2.97. The van der Waals surface area contributed by atoms with E-state index in [9.17, 15) is 0 Å². The molecular weight excluding hydrogens is 184 g/mol. The van der Waals surface area contributed by atoms with Gasteiger partial charge in [-0.15, -0.1) is 0 Å². The third-order valence-electron chi connectivity index (χ3n) is 4.98. The van der Waals surface area contributed by atoms with Crippen molar-refractivity contribution in [3.8, 4) is 0 Å². The number of hydrogen-bond acceptors (Lipinski definition) is 2. The van der Waals surface area contributed by atoms with Crippen LogP contribution in [0.4, 0.5) is 0 Å². The van der Waals surface area contributed by atoms with E-state index in [-0.39, 0.29) is 0 Å². The molecule has 0 radical (unpaired) electrons. The zero-order valence-electron chi connectivity index (χ0n) is 10.2. The van der Waals surface area contributed by atoms with E-state index in [1.54, 1.807) is 0 Å². The first-order chi connectivity index (χ1) is 7.18. The lowest BCUT2D eigenvalue weighted by atomic mass is 9.94. The molecule has 2 heterocycles. The highest BCUT2D eigenvalue weighted by Gasteiger charge is 2.44. The van der Waals surface area contributed by atoms with Gasteiger partial charge in [-0.25, -0.2) is 0 Å². The van der Waals surface area contributed by atoms with Crippen LogP contribution in [0.1, 0.15) is 39.5 Å². The predicted molar refractivity (Wildman–Crippen MR) is 63.0 cm³/mol. The molecule has 2 aliphatic heterocycles. The Labute approximate surface area is 93.6 Å². The van der Waals surface area contributed by atoms with E-state index in [0.717, 1.165) is 12.0 Å². The normalized spacial score (nSPS) is 34.4. The zero-order chi connectivity index (χ0) is 10.5. The van der Waals surface area contributed by atoms with Gasteiger partial charge in [-0.05, 0) is 52.0 Å². The summed E-state index contributed by atoms with van der Waals surface area (Å²) in [5.74, 6) is 0.991. The Bertz CT molecular complexity index is 245.